The maximum Gasteiger partial charge on any atom is 0.270 e. The second kappa shape index (κ2) is 11.0. The van der Waals surface area contributed by atoms with E-state index in [4.69, 9.17) is 0 Å². The van der Waals surface area contributed by atoms with Crippen molar-refractivity contribution >= 4 is 5.91 Å². The van der Waals surface area contributed by atoms with Gasteiger partial charge in [-0.05, 0) is 74.0 Å². The van der Waals surface area contributed by atoms with Gasteiger partial charge in [-0.25, -0.2) is 0 Å². The van der Waals surface area contributed by atoms with Crippen molar-refractivity contribution in [2.45, 2.75) is 38.1 Å². The van der Waals surface area contributed by atoms with Crippen molar-refractivity contribution in [3.63, 3.8) is 0 Å². The highest BCUT2D eigenvalue weighted by molar-refractivity contribution is 5.92. The number of hydrogen-bond donors (Lipinski definition) is 1. The minimum Gasteiger partial charge on any atom is -0.342 e. The molecule has 3 heterocycles. The van der Waals surface area contributed by atoms with Gasteiger partial charge in [-0.2, -0.15) is 0 Å². The molecule has 4 rings (SSSR count). The van der Waals surface area contributed by atoms with E-state index in [1.54, 1.807) is 18.5 Å². The number of piperidine rings is 1. The van der Waals surface area contributed by atoms with Gasteiger partial charge in [-0.3, -0.25) is 14.8 Å². The van der Waals surface area contributed by atoms with Crippen LogP contribution in [0.4, 0.5) is 0 Å². The molecule has 3 atom stereocenters. The van der Waals surface area contributed by atoms with Crippen LogP contribution in [0.2, 0.25) is 0 Å². The summed E-state index contributed by atoms with van der Waals surface area (Å²) in [5, 5.41) is 3.24. The van der Waals surface area contributed by atoms with Crippen molar-refractivity contribution < 1.29 is 4.79 Å². The highest BCUT2D eigenvalue weighted by Crippen LogP contribution is 2.30. The second-order valence-corrected chi connectivity index (χ2v) is 8.72. The number of aromatic nitrogens is 2. The molecular weight excluding hydrogens is 396 g/mol. The normalized spacial score (nSPS) is 18.6. The maximum absolute atomic E-state index is 12.9. The number of pyridine rings is 2. The molecule has 0 aliphatic carbocycles. The number of nitrogens with one attached hydrogen (secondary N) is 1. The Morgan fingerprint density at radius 2 is 1.78 bits per heavy atom. The molecule has 0 unspecified atom stereocenters. The third kappa shape index (κ3) is 5.80. The van der Waals surface area contributed by atoms with Crippen LogP contribution in [-0.2, 0) is 0 Å². The van der Waals surface area contributed by atoms with Gasteiger partial charge in [0.05, 0.1) is 11.7 Å². The Labute approximate surface area is 190 Å². The summed E-state index contributed by atoms with van der Waals surface area (Å²) in [6, 6.07) is 21.9. The summed E-state index contributed by atoms with van der Waals surface area (Å²) in [5.74, 6) is 0.710. The van der Waals surface area contributed by atoms with Crippen LogP contribution in [0.25, 0.3) is 0 Å². The highest BCUT2D eigenvalue weighted by atomic mass is 16.1. The van der Waals surface area contributed by atoms with E-state index in [0.29, 0.717) is 17.5 Å². The summed E-state index contributed by atoms with van der Waals surface area (Å²) in [7, 11) is 0. The average Bonchev–Trinajstić information content (AvgIpc) is 2.87. The molecule has 1 aliphatic heterocycles. The number of hydrogen-bond acceptors (Lipinski definition) is 4. The van der Waals surface area contributed by atoms with Gasteiger partial charge in [0, 0.05) is 18.9 Å². The van der Waals surface area contributed by atoms with Crippen molar-refractivity contribution in [1.82, 2.24) is 20.2 Å². The largest absolute Gasteiger partial charge is 0.342 e. The zero-order valence-electron chi connectivity index (χ0n) is 18.7. The summed E-state index contributed by atoms with van der Waals surface area (Å²) in [5.41, 5.74) is 2.76. The van der Waals surface area contributed by atoms with Crippen LogP contribution in [0.5, 0.6) is 0 Å². The van der Waals surface area contributed by atoms with E-state index in [1.165, 1.54) is 5.56 Å². The molecule has 3 aromatic rings. The van der Waals surface area contributed by atoms with E-state index in [1.807, 2.05) is 30.3 Å². The van der Waals surface area contributed by atoms with Crippen LogP contribution in [0.1, 0.15) is 59.9 Å². The van der Waals surface area contributed by atoms with Gasteiger partial charge in [0.25, 0.3) is 5.91 Å². The van der Waals surface area contributed by atoms with Crippen LogP contribution < -0.4 is 5.32 Å². The molecule has 1 amide bonds. The molecule has 0 spiro atoms. The number of rotatable bonds is 8. The molecule has 166 valence electrons. The minimum atomic E-state index is -0.143. The average molecular weight is 429 g/mol. The van der Waals surface area contributed by atoms with Gasteiger partial charge in [-0.1, -0.05) is 49.4 Å². The summed E-state index contributed by atoms with van der Waals surface area (Å²) >= 11 is 0. The monoisotopic (exact) mass is 428 g/mol. The fourth-order valence-corrected chi connectivity index (χ4v) is 4.60. The zero-order valence-corrected chi connectivity index (χ0v) is 18.7. The lowest BCUT2D eigenvalue weighted by Crippen LogP contribution is -2.43. The summed E-state index contributed by atoms with van der Waals surface area (Å²) in [4.78, 5) is 24.3. The predicted octanol–water partition coefficient (Wildman–Crippen LogP) is 4.85. The second-order valence-electron chi connectivity index (χ2n) is 8.72. The van der Waals surface area contributed by atoms with E-state index < -0.39 is 0 Å². The van der Waals surface area contributed by atoms with Gasteiger partial charge in [0.2, 0.25) is 0 Å². The topological polar surface area (TPSA) is 58.1 Å². The van der Waals surface area contributed by atoms with Crippen LogP contribution in [-0.4, -0.2) is 40.4 Å². The summed E-state index contributed by atoms with van der Waals surface area (Å²) < 4.78 is 0. The Balaban J connectivity index is 1.43. The first kappa shape index (κ1) is 22.2. The SMILES string of the molecule is C[C@H](CCN1CCC[C@@H]([C@H](NC(=O)c2ccccn2)c2ccccn2)C1)c1ccccc1. The number of nitrogens with zero attached hydrogens (tertiary/aromatic N) is 3. The molecule has 0 saturated carbocycles. The zero-order chi connectivity index (χ0) is 22.2. The molecule has 5 heteroatoms. The first-order chi connectivity index (χ1) is 15.7. The molecule has 1 aromatic carbocycles. The Morgan fingerprint density at radius 3 is 2.50 bits per heavy atom. The molecule has 2 aromatic heterocycles. The van der Waals surface area contributed by atoms with Crippen molar-refractivity contribution in [3.8, 4) is 0 Å². The van der Waals surface area contributed by atoms with Gasteiger partial charge in [0.1, 0.15) is 5.69 Å². The van der Waals surface area contributed by atoms with Gasteiger partial charge < -0.3 is 10.2 Å². The first-order valence-electron chi connectivity index (χ1n) is 11.6. The van der Waals surface area contributed by atoms with Gasteiger partial charge in [-0.15, -0.1) is 0 Å². The molecule has 5 nitrogen and oxygen atoms in total. The standard InChI is InChI=1S/C27H32N4O/c1-21(22-10-3-2-4-11-22)15-19-31-18-9-12-23(20-31)26(24-13-5-7-16-28-24)30-27(32)25-14-6-8-17-29-25/h2-8,10-11,13-14,16-17,21,23,26H,9,12,15,18-20H2,1H3,(H,30,32)/t21-,23-,26+/m1/s1. The van der Waals surface area contributed by atoms with E-state index in [-0.39, 0.29) is 11.9 Å². The highest BCUT2D eigenvalue weighted by Gasteiger charge is 2.31. The molecule has 0 radical (unpaired) electrons. The van der Waals surface area contributed by atoms with Crippen LogP contribution in [0.15, 0.2) is 79.1 Å². The van der Waals surface area contributed by atoms with E-state index in [9.17, 15) is 4.79 Å². The van der Waals surface area contributed by atoms with Crippen molar-refractivity contribution in [2.24, 2.45) is 5.92 Å². The quantitative estimate of drug-likeness (QED) is 0.557. The molecule has 0 bridgehead atoms. The lowest BCUT2D eigenvalue weighted by atomic mass is 9.87. The molecule has 32 heavy (non-hydrogen) atoms. The number of amides is 1. The maximum atomic E-state index is 12.9. The predicted molar refractivity (Wildman–Crippen MR) is 127 cm³/mol. The number of benzene rings is 1. The van der Waals surface area contributed by atoms with Crippen molar-refractivity contribution in [2.75, 3.05) is 19.6 Å². The molecule has 1 N–H and O–H groups in total. The Bertz CT molecular complexity index is 965. The number of likely N-dealkylation sites (tertiary alicyclic amines) is 1. The van der Waals surface area contributed by atoms with Crippen LogP contribution in [0, 0.1) is 5.92 Å². The lowest BCUT2D eigenvalue weighted by Gasteiger charge is -2.37. The van der Waals surface area contributed by atoms with Gasteiger partial charge >= 0.3 is 0 Å². The van der Waals surface area contributed by atoms with Crippen LogP contribution >= 0.6 is 0 Å². The van der Waals surface area contributed by atoms with E-state index >= 15 is 0 Å². The Morgan fingerprint density at radius 1 is 1.03 bits per heavy atom. The Kier molecular flexibility index (Phi) is 7.62. The smallest absolute Gasteiger partial charge is 0.270 e. The van der Waals surface area contributed by atoms with Gasteiger partial charge in [0.15, 0.2) is 0 Å². The van der Waals surface area contributed by atoms with Crippen LogP contribution in [0.3, 0.4) is 0 Å². The third-order valence-corrected chi connectivity index (χ3v) is 6.45. The minimum absolute atomic E-state index is 0.125. The van der Waals surface area contributed by atoms with E-state index in [0.717, 1.165) is 44.6 Å². The molecule has 1 aliphatic rings. The van der Waals surface area contributed by atoms with Crippen molar-refractivity contribution in [3.05, 3.63) is 96.1 Å². The molecule has 1 saturated heterocycles. The third-order valence-electron chi connectivity index (χ3n) is 6.45. The number of carbonyl (C=O) groups is 1. The molecule has 1 fully saturated rings. The summed E-state index contributed by atoms with van der Waals surface area (Å²) in [6.45, 7) is 5.45. The van der Waals surface area contributed by atoms with E-state index in [2.05, 4.69) is 57.4 Å². The fourth-order valence-electron chi connectivity index (χ4n) is 4.60. The molecular formula is C27H32N4O. The lowest BCUT2D eigenvalue weighted by molar-refractivity contribution is 0.0873. The number of carbonyl (C=O) groups excluding carboxylic acids is 1. The fraction of sp³-hybridized carbons (Fsp3) is 0.370. The summed E-state index contributed by atoms with van der Waals surface area (Å²) in [6.07, 6.45) is 6.80. The van der Waals surface area contributed by atoms with Crippen molar-refractivity contribution in [1.29, 1.82) is 0 Å². The first-order valence-corrected chi connectivity index (χ1v) is 11.6. The Hall–Kier alpha value is -3.05.